The zero-order chi connectivity index (χ0) is 13.3. The highest BCUT2D eigenvalue weighted by Gasteiger charge is 2.33. The summed E-state index contributed by atoms with van der Waals surface area (Å²) < 4.78 is 28.1. The van der Waals surface area contributed by atoms with Gasteiger partial charge in [0.2, 0.25) is 0 Å². The Labute approximate surface area is 121 Å². The Balaban J connectivity index is 2.33. The van der Waals surface area contributed by atoms with Crippen LogP contribution in [0.1, 0.15) is 18.9 Å². The summed E-state index contributed by atoms with van der Waals surface area (Å²) in [4.78, 5) is 0. The molecule has 0 radical (unpaired) electrons. The van der Waals surface area contributed by atoms with Crippen LogP contribution in [0.15, 0.2) is 14.1 Å². The van der Waals surface area contributed by atoms with E-state index in [-0.39, 0.29) is 6.04 Å². The number of aryl methyl sites for hydroxylation is 1. The molecule has 1 fully saturated rings. The number of nitrogens with zero attached hydrogens (tertiary/aromatic N) is 1. The molecule has 1 aliphatic heterocycles. The maximum absolute atomic E-state index is 12.6. The van der Waals surface area contributed by atoms with Gasteiger partial charge < -0.3 is 5.32 Å². The number of rotatable bonds is 4. The smallest absolute Gasteiger partial charge is 0.252 e. The van der Waals surface area contributed by atoms with Gasteiger partial charge in [0.1, 0.15) is 4.21 Å². The molecular formula is C11H17BrN2O2S2. The van der Waals surface area contributed by atoms with Crippen LogP contribution < -0.4 is 5.32 Å². The van der Waals surface area contributed by atoms with Gasteiger partial charge in [0.15, 0.2) is 0 Å². The normalized spacial score (nSPS) is 20.8. The Hall–Kier alpha value is 0.0500. The van der Waals surface area contributed by atoms with Crippen LogP contribution in [0.3, 0.4) is 0 Å². The molecule has 4 nitrogen and oxygen atoms in total. The van der Waals surface area contributed by atoms with Gasteiger partial charge in [-0.15, -0.1) is 11.3 Å². The van der Waals surface area contributed by atoms with E-state index in [1.165, 1.54) is 11.3 Å². The fourth-order valence-electron chi connectivity index (χ4n) is 2.18. The molecule has 1 aromatic rings. The van der Waals surface area contributed by atoms with Gasteiger partial charge in [-0.1, -0.05) is 6.92 Å². The van der Waals surface area contributed by atoms with Crippen LogP contribution >= 0.6 is 27.3 Å². The van der Waals surface area contributed by atoms with Gasteiger partial charge in [0, 0.05) is 19.1 Å². The Bertz CT molecular complexity index is 502. The van der Waals surface area contributed by atoms with E-state index in [1.54, 1.807) is 10.4 Å². The third-order valence-corrected chi connectivity index (χ3v) is 7.76. The minimum Gasteiger partial charge on any atom is -0.315 e. The summed E-state index contributed by atoms with van der Waals surface area (Å²) in [5, 5.41) is 3.22. The number of nitrogens with one attached hydrogen (secondary N) is 1. The lowest BCUT2D eigenvalue weighted by Gasteiger charge is -2.25. The second-order valence-corrected chi connectivity index (χ2v) is 8.86. The summed E-state index contributed by atoms with van der Waals surface area (Å²) in [7, 11) is -3.35. The van der Waals surface area contributed by atoms with Gasteiger partial charge in [-0.25, -0.2) is 8.42 Å². The lowest BCUT2D eigenvalue weighted by molar-refractivity contribution is 0.349. The third-order valence-electron chi connectivity index (χ3n) is 3.15. The Morgan fingerprint density at radius 2 is 2.33 bits per heavy atom. The van der Waals surface area contributed by atoms with Gasteiger partial charge in [0.25, 0.3) is 10.0 Å². The first-order valence-electron chi connectivity index (χ1n) is 5.95. The summed E-state index contributed by atoms with van der Waals surface area (Å²) in [6.45, 7) is 5.96. The summed E-state index contributed by atoms with van der Waals surface area (Å²) in [6, 6.07) is 1.83. The van der Waals surface area contributed by atoms with Crippen molar-refractivity contribution in [1.29, 1.82) is 0 Å². The molecule has 0 bridgehead atoms. The number of thiophene rings is 1. The molecule has 1 aliphatic rings. The van der Waals surface area contributed by atoms with Crippen LogP contribution in [0, 0.1) is 6.92 Å². The molecule has 1 unspecified atom stereocenters. The minimum absolute atomic E-state index is 0.0844. The lowest BCUT2D eigenvalue weighted by atomic mass is 10.3. The van der Waals surface area contributed by atoms with E-state index in [0.29, 0.717) is 10.8 Å². The molecule has 102 valence electrons. The van der Waals surface area contributed by atoms with E-state index >= 15 is 0 Å². The third kappa shape index (κ3) is 2.65. The van der Waals surface area contributed by atoms with Crippen LogP contribution in [0.4, 0.5) is 0 Å². The highest BCUT2D eigenvalue weighted by molar-refractivity contribution is 9.11. The van der Waals surface area contributed by atoms with E-state index in [9.17, 15) is 8.42 Å². The second-order valence-electron chi connectivity index (χ2n) is 4.38. The zero-order valence-electron chi connectivity index (χ0n) is 10.4. The van der Waals surface area contributed by atoms with Crippen molar-refractivity contribution in [2.24, 2.45) is 0 Å². The standard InChI is InChI=1S/C11H17BrN2O2S2/c1-3-14(9-4-5-13-7-9)18(15,16)10-6-8(2)11(12)17-10/h6,9,13H,3-5,7H2,1-2H3. The molecule has 0 aliphatic carbocycles. The molecular weight excluding hydrogens is 336 g/mol. The average molecular weight is 353 g/mol. The molecule has 18 heavy (non-hydrogen) atoms. The van der Waals surface area contributed by atoms with Gasteiger partial charge in [-0.05, 0) is 47.4 Å². The maximum Gasteiger partial charge on any atom is 0.252 e. The fraction of sp³-hybridized carbons (Fsp3) is 0.636. The molecule has 1 N–H and O–H groups in total. The minimum atomic E-state index is -3.35. The van der Waals surface area contributed by atoms with Crippen molar-refractivity contribution in [3.63, 3.8) is 0 Å². The van der Waals surface area contributed by atoms with Crippen molar-refractivity contribution < 1.29 is 8.42 Å². The van der Waals surface area contributed by atoms with Crippen LogP contribution in [0.25, 0.3) is 0 Å². The summed E-state index contributed by atoms with van der Waals surface area (Å²) in [6.07, 6.45) is 0.887. The first kappa shape index (κ1) is 14.5. The quantitative estimate of drug-likeness (QED) is 0.903. The van der Waals surface area contributed by atoms with Gasteiger partial charge in [-0.3, -0.25) is 0 Å². The molecule has 1 aromatic heterocycles. The molecule has 2 heterocycles. The van der Waals surface area contributed by atoms with Gasteiger partial charge >= 0.3 is 0 Å². The Morgan fingerprint density at radius 1 is 1.61 bits per heavy atom. The number of sulfonamides is 1. The Morgan fingerprint density at radius 3 is 2.78 bits per heavy atom. The van der Waals surface area contributed by atoms with Crippen LogP contribution in [0.5, 0.6) is 0 Å². The van der Waals surface area contributed by atoms with E-state index < -0.39 is 10.0 Å². The van der Waals surface area contributed by atoms with Gasteiger partial charge in [-0.2, -0.15) is 4.31 Å². The maximum atomic E-state index is 12.6. The summed E-state index contributed by atoms with van der Waals surface area (Å²) >= 11 is 4.68. The van der Waals surface area contributed by atoms with E-state index in [1.807, 2.05) is 13.8 Å². The van der Waals surface area contributed by atoms with Crippen molar-refractivity contribution in [1.82, 2.24) is 9.62 Å². The molecule has 7 heteroatoms. The molecule has 1 saturated heterocycles. The molecule has 0 saturated carbocycles. The average Bonchev–Trinajstić information content (AvgIpc) is 2.91. The van der Waals surface area contributed by atoms with Crippen molar-refractivity contribution in [2.45, 2.75) is 30.5 Å². The molecule has 2 rings (SSSR count). The number of hydrogen-bond donors (Lipinski definition) is 1. The molecule has 1 atom stereocenters. The molecule has 0 amide bonds. The zero-order valence-corrected chi connectivity index (χ0v) is 13.7. The first-order valence-corrected chi connectivity index (χ1v) is 9.00. The highest BCUT2D eigenvalue weighted by atomic mass is 79.9. The fourth-order valence-corrected chi connectivity index (χ4v) is 6.20. The van der Waals surface area contributed by atoms with Crippen LogP contribution in [0.2, 0.25) is 0 Å². The lowest BCUT2D eigenvalue weighted by Crippen LogP contribution is -2.41. The van der Waals surface area contributed by atoms with E-state index in [0.717, 1.165) is 28.9 Å². The highest BCUT2D eigenvalue weighted by Crippen LogP contribution is 2.33. The largest absolute Gasteiger partial charge is 0.315 e. The topological polar surface area (TPSA) is 49.4 Å². The number of halogens is 1. The van der Waals surface area contributed by atoms with E-state index in [2.05, 4.69) is 21.2 Å². The predicted octanol–water partition coefficient (Wildman–Crippen LogP) is 2.19. The Kier molecular flexibility index (Phi) is 4.48. The predicted molar refractivity (Wildman–Crippen MR) is 77.6 cm³/mol. The summed E-state index contributed by atoms with van der Waals surface area (Å²) in [5.74, 6) is 0. The van der Waals surface area contributed by atoms with Crippen molar-refractivity contribution in [3.05, 3.63) is 15.4 Å². The summed E-state index contributed by atoms with van der Waals surface area (Å²) in [5.41, 5.74) is 0.971. The van der Waals surface area contributed by atoms with Crippen molar-refractivity contribution >= 4 is 37.3 Å². The van der Waals surface area contributed by atoms with Crippen LogP contribution in [-0.2, 0) is 10.0 Å². The number of hydrogen-bond acceptors (Lipinski definition) is 4. The second kappa shape index (κ2) is 5.58. The van der Waals surface area contributed by atoms with Crippen molar-refractivity contribution in [3.8, 4) is 0 Å². The van der Waals surface area contributed by atoms with Crippen LogP contribution in [-0.4, -0.2) is 38.4 Å². The van der Waals surface area contributed by atoms with Gasteiger partial charge in [0.05, 0.1) is 3.79 Å². The van der Waals surface area contributed by atoms with Crippen molar-refractivity contribution in [2.75, 3.05) is 19.6 Å². The first-order chi connectivity index (χ1) is 8.46. The van der Waals surface area contributed by atoms with E-state index in [4.69, 9.17) is 0 Å². The monoisotopic (exact) mass is 352 g/mol. The number of likely N-dealkylation sites (N-methyl/N-ethyl adjacent to an activating group) is 1. The molecule has 0 spiro atoms. The SMILES string of the molecule is CCN(C1CCNC1)S(=O)(=O)c1cc(C)c(Br)s1. The molecule has 0 aromatic carbocycles.